The molecule has 194 valence electrons. The number of ether oxygens (including phenoxy) is 1. The third kappa shape index (κ3) is 7.40. The molecule has 9 nitrogen and oxygen atoms in total. The fraction of sp³-hybridized carbons (Fsp3) is 0.222. The standard InChI is InChI=1S/C27H29N3O6S/c1-37(34,35)30-24-15-20(8-12-25(24)32)26(33)16-28-21(17-31)14-18-6-10-22(11-7-18)36-27-13-9-19-4-2-3-5-23(19)29-27/h2-13,15,21,26,28,30-33H,14,16-17H2,1H3/t21?,26-/m0/s1. The van der Waals surface area contributed by atoms with Crippen LogP contribution >= 0.6 is 0 Å². The number of aliphatic hydroxyl groups excluding tert-OH is 2. The van der Waals surface area contributed by atoms with E-state index in [-0.39, 0.29) is 30.6 Å². The Morgan fingerprint density at radius 3 is 2.49 bits per heavy atom. The zero-order chi connectivity index (χ0) is 26.4. The molecule has 2 atom stereocenters. The Labute approximate surface area is 215 Å². The largest absolute Gasteiger partial charge is 0.506 e. The number of aliphatic hydroxyl groups is 2. The average Bonchev–Trinajstić information content (AvgIpc) is 2.87. The number of rotatable bonds is 11. The van der Waals surface area contributed by atoms with Crippen molar-refractivity contribution in [3.63, 3.8) is 0 Å². The van der Waals surface area contributed by atoms with Gasteiger partial charge in [0.15, 0.2) is 0 Å². The normalized spacial score (nSPS) is 13.3. The van der Waals surface area contributed by atoms with Crippen LogP contribution < -0.4 is 14.8 Å². The number of para-hydroxylation sites is 1. The maximum Gasteiger partial charge on any atom is 0.229 e. The van der Waals surface area contributed by atoms with Crippen molar-refractivity contribution < 1.29 is 28.5 Å². The van der Waals surface area contributed by atoms with Gasteiger partial charge in [-0.3, -0.25) is 4.72 Å². The highest BCUT2D eigenvalue weighted by Gasteiger charge is 2.15. The number of aromatic hydroxyl groups is 1. The molecule has 0 aliphatic heterocycles. The van der Waals surface area contributed by atoms with Gasteiger partial charge in [-0.25, -0.2) is 13.4 Å². The molecule has 4 rings (SSSR count). The van der Waals surface area contributed by atoms with Gasteiger partial charge in [0, 0.05) is 24.0 Å². The van der Waals surface area contributed by atoms with Crippen LogP contribution in [0.1, 0.15) is 17.2 Å². The number of hydrogen-bond acceptors (Lipinski definition) is 8. The summed E-state index contributed by atoms with van der Waals surface area (Å²) in [6, 6.07) is 22.9. The lowest BCUT2D eigenvalue weighted by molar-refractivity contribution is 0.158. The Kier molecular flexibility index (Phi) is 8.24. The highest BCUT2D eigenvalue weighted by atomic mass is 32.2. The summed E-state index contributed by atoms with van der Waals surface area (Å²) in [6.45, 7) is -0.0361. The Balaban J connectivity index is 1.33. The van der Waals surface area contributed by atoms with Gasteiger partial charge in [0.1, 0.15) is 11.5 Å². The van der Waals surface area contributed by atoms with Crippen LogP contribution in [0, 0.1) is 0 Å². The number of hydrogen-bond donors (Lipinski definition) is 5. The lowest BCUT2D eigenvalue weighted by Gasteiger charge is -2.20. The maximum absolute atomic E-state index is 11.5. The zero-order valence-corrected chi connectivity index (χ0v) is 21.0. The van der Waals surface area contributed by atoms with E-state index >= 15 is 0 Å². The molecule has 0 aliphatic carbocycles. The van der Waals surface area contributed by atoms with E-state index in [1.807, 2.05) is 60.7 Å². The summed E-state index contributed by atoms with van der Waals surface area (Å²) in [5.41, 5.74) is 2.21. The Bertz CT molecular complexity index is 1460. The third-order valence-corrected chi connectivity index (χ3v) is 6.31. The number of anilines is 1. The third-order valence-electron chi connectivity index (χ3n) is 5.72. The summed E-state index contributed by atoms with van der Waals surface area (Å²) in [7, 11) is -3.59. The number of phenols is 1. The molecule has 10 heteroatoms. The van der Waals surface area contributed by atoms with Gasteiger partial charge in [-0.1, -0.05) is 36.4 Å². The van der Waals surface area contributed by atoms with Crippen molar-refractivity contribution in [2.24, 2.45) is 0 Å². The number of phenolic OH excluding ortho intramolecular Hbond substituents is 1. The minimum atomic E-state index is -3.59. The molecular formula is C27H29N3O6S. The van der Waals surface area contributed by atoms with Crippen molar-refractivity contribution in [3.8, 4) is 17.4 Å². The second-order valence-corrected chi connectivity index (χ2v) is 10.5. The summed E-state index contributed by atoms with van der Waals surface area (Å²) in [5, 5.41) is 34.4. The zero-order valence-electron chi connectivity index (χ0n) is 20.2. The van der Waals surface area contributed by atoms with Crippen LogP contribution in [0.25, 0.3) is 10.9 Å². The summed E-state index contributed by atoms with van der Waals surface area (Å²) >= 11 is 0. The summed E-state index contributed by atoms with van der Waals surface area (Å²) < 4.78 is 31.1. The molecule has 0 amide bonds. The van der Waals surface area contributed by atoms with Gasteiger partial charge in [0.05, 0.1) is 30.2 Å². The fourth-order valence-corrected chi connectivity index (χ4v) is 4.41. The first-order valence-corrected chi connectivity index (χ1v) is 13.5. The first-order chi connectivity index (χ1) is 17.7. The van der Waals surface area contributed by atoms with Crippen molar-refractivity contribution >= 4 is 26.6 Å². The van der Waals surface area contributed by atoms with E-state index in [1.54, 1.807) is 0 Å². The lowest BCUT2D eigenvalue weighted by atomic mass is 10.0. The Morgan fingerprint density at radius 2 is 1.76 bits per heavy atom. The van der Waals surface area contributed by atoms with E-state index in [2.05, 4.69) is 15.0 Å². The number of nitrogens with one attached hydrogen (secondary N) is 2. The van der Waals surface area contributed by atoms with Crippen LogP contribution in [0.4, 0.5) is 5.69 Å². The Hall–Kier alpha value is -3.70. The quantitative estimate of drug-likeness (QED) is 0.189. The fourth-order valence-electron chi connectivity index (χ4n) is 3.84. The van der Waals surface area contributed by atoms with E-state index in [1.165, 1.54) is 18.2 Å². The van der Waals surface area contributed by atoms with Crippen molar-refractivity contribution in [3.05, 3.63) is 90.0 Å². The maximum atomic E-state index is 11.5. The van der Waals surface area contributed by atoms with Crippen LogP contribution in [0.3, 0.4) is 0 Å². The van der Waals surface area contributed by atoms with Crippen LogP contribution in [0.15, 0.2) is 78.9 Å². The first-order valence-electron chi connectivity index (χ1n) is 11.7. The molecular weight excluding hydrogens is 494 g/mol. The monoisotopic (exact) mass is 523 g/mol. The van der Waals surface area contributed by atoms with Crippen molar-refractivity contribution in [1.82, 2.24) is 10.3 Å². The van der Waals surface area contributed by atoms with E-state index < -0.39 is 16.1 Å². The van der Waals surface area contributed by atoms with Gasteiger partial charge < -0.3 is 25.4 Å². The number of sulfonamides is 1. The molecule has 0 fully saturated rings. The molecule has 0 spiro atoms. The highest BCUT2D eigenvalue weighted by molar-refractivity contribution is 7.92. The Morgan fingerprint density at radius 1 is 1.00 bits per heavy atom. The predicted molar refractivity (Wildman–Crippen MR) is 142 cm³/mol. The molecule has 3 aromatic carbocycles. The molecule has 0 saturated carbocycles. The smallest absolute Gasteiger partial charge is 0.229 e. The van der Waals surface area contributed by atoms with Gasteiger partial charge in [0.25, 0.3) is 0 Å². The summed E-state index contributed by atoms with van der Waals surface area (Å²) in [5.74, 6) is 0.896. The van der Waals surface area contributed by atoms with Gasteiger partial charge in [0.2, 0.25) is 15.9 Å². The topological polar surface area (TPSA) is 141 Å². The number of nitrogens with zero attached hydrogens (tertiary/aromatic N) is 1. The molecule has 0 radical (unpaired) electrons. The number of fused-ring (bicyclic) bond motifs is 1. The van der Waals surface area contributed by atoms with Crippen molar-refractivity contribution in [1.29, 1.82) is 0 Å². The lowest BCUT2D eigenvalue weighted by Crippen LogP contribution is -2.37. The van der Waals surface area contributed by atoms with E-state index in [0.29, 0.717) is 23.6 Å². The molecule has 1 aromatic heterocycles. The van der Waals surface area contributed by atoms with E-state index in [9.17, 15) is 23.7 Å². The van der Waals surface area contributed by atoms with Crippen LogP contribution in [0.5, 0.6) is 17.4 Å². The highest BCUT2D eigenvalue weighted by Crippen LogP contribution is 2.28. The molecule has 4 aromatic rings. The minimum absolute atomic E-state index is 0.0149. The van der Waals surface area contributed by atoms with Gasteiger partial charge in [-0.2, -0.15) is 0 Å². The van der Waals surface area contributed by atoms with Gasteiger partial charge in [-0.15, -0.1) is 0 Å². The van der Waals surface area contributed by atoms with Gasteiger partial charge in [-0.05, 0) is 53.9 Å². The van der Waals surface area contributed by atoms with Crippen molar-refractivity contribution in [2.75, 3.05) is 24.1 Å². The predicted octanol–water partition coefficient (Wildman–Crippen LogP) is 3.33. The van der Waals surface area contributed by atoms with Crippen molar-refractivity contribution in [2.45, 2.75) is 18.6 Å². The van der Waals surface area contributed by atoms with Crippen LogP contribution in [-0.4, -0.2) is 54.2 Å². The average molecular weight is 524 g/mol. The number of pyridine rings is 1. The first kappa shape index (κ1) is 26.4. The second-order valence-electron chi connectivity index (χ2n) is 8.75. The SMILES string of the molecule is CS(=O)(=O)Nc1cc([C@@H](O)CNC(CO)Cc2ccc(Oc3ccc4ccccc4n3)cc2)ccc1O. The molecule has 1 heterocycles. The molecule has 0 saturated heterocycles. The molecule has 0 aliphatic rings. The number of benzene rings is 3. The second kappa shape index (κ2) is 11.6. The number of aromatic nitrogens is 1. The molecule has 37 heavy (non-hydrogen) atoms. The molecule has 0 bridgehead atoms. The van der Waals surface area contributed by atoms with E-state index in [0.717, 1.165) is 22.7 Å². The van der Waals surface area contributed by atoms with E-state index in [4.69, 9.17) is 4.74 Å². The molecule has 1 unspecified atom stereocenters. The van der Waals surface area contributed by atoms with Crippen LogP contribution in [0.2, 0.25) is 0 Å². The van der Waals surface area contributed by atoms with Crippen LogP contribution in [-0.2, 0) is 16.4 Å². The minimum Gasteiger partial charge on any atom is -0.506 e. The molecule has 5 N–H and O–H groups in total. The summed E-state index contributed by atoms with van der Waals surface area (Å²) in [6.07, 6.45) is 0.496. The summed E-state index contributed by atoms with van der Waals surface area (Å²) in [4.78, 5) is 4.51. The van der Waals surface area contributed by atoms with Gasteiger partial charge >= 0.3 is 0 Å².